The van der Waals surface area contributed by atoms with Crippen molar-refractivity contribution in [3.05, 3.63) is 0 Å². The van der Waals surface area contributed by atoms with E-state index in [0.717, 1.165) is 0 Å². The maximum atomic E-state index is 9.13. The summed E-state index contributed by atoms with van der Waals surface area (Å²) < 4.78 is 13.9. The van der Waals surface area contributed by atoms with Gasteiger partial charge in [0.15, 0.2) is 0 Å². The minimum Gasteiger partial charge on any atom is -0.394 e. The second-order valence-electron chi connectivity index (χ2n) is 2.18. The van der Waals surface area contributed by atoms with Gasteiger partial charge in [0.1, 0.15) is 24.4 Å². The third-order valence-corrected chi connectivity index (χ3v) is 1.27. The molecule has 0 aromatic carbocycles. The molecular weight excluding hydrogens is 168 g/mol. The van der Waals surface area contributed by atoms with E-state index in [2.05, 4.69) is 0 Å². The highest BCUT2D eigenvalue weighted by Gasteiger charge is 2.29. The van der Waals surface area contributed by atoms with E-state index in [1.807, 2.05) is 0 Å². The molecule has 12 heavy (non-hydrogen) atoms. The van der Waals surface area contributed by atoms with Gasteiger partial charge in [0.05, 0.1) is 16.0 Å². The van der Waals surface area contributed by atoms with Crippen LogP contribution < -0.4 is 0 Å². The van der Waals surface area contributed by atoms with Gasteiger partial charge >= 0.3 is 0 Å². The summed E-state index contributed by atoms with van der Waals surface area (Å²) in [5.41, 5.74) is 0. The lowest BCUT2D eigenvalue weighted by Crippen LogP contribution is -2.46. The zero-order valence-corrected chi connectivity index (χ0v) is 6.25. The highest BCUT2D eigenvalue weighted by molar-refractivity contribution is 4.79. The van der Waals surface area contributed by atoms with Crippen molar-refractivity contribution in [1.82, 2.24) is 0 Å². The van der Waals surface area contributed by atoms with Crippen LogP contribution >= 0.6 is 0 Å². The van der Waals surface area contributed by atoms with Crippen LogP contribution in [0.4, 0.5) is 0 Å². The Bertz CT molecular complexity index is 185. The van der Waals surface area contributed by atoms with Gasteiger partial charge in [0.2, 0.25) is 0 Å². The van der Waals surface area contributed by atoms with Gasteiger partial charge in [-0.25, -0.2) is 0 Å². The molecule has 0 aliphatic rings. The fourth-order valence-electron chi connectivity index (χ4n) is 0.533. The smallest absolute Gasteiger partial charge is 0.111 e. The Morgan fingerprint density at radius 2 is 1.50 bits per heavy atom. The molecule has 0 aromatic heterocycles. The maximum Gasteiger partial charge on any atom is 0.111 e. The predicted octanol–water partition coefficient (Wildman–Crippen LogP) is -3.59. The molecule has 0 spiro atoms. The number of aliphatic hydroxyl groups excluding tert-OH is 4. The molecule has 0 heterocycles. The Labute approximate surface area is 72.1 Å². The van der Waals surface area contributed by atoms with Crippen molar-refractivity contribution in [2.24, 2.45) is 0 Å². The van der Waals surface area contributed by atoms with E-state index in [-0.39, 0.29) is 0 Å². The zero-order chi connectivity index (χ0) is 11.6. The largest absolute Gasteiger partial charge is 0.394 e. The van der Waals surface area contributed by atoms with Crippen molar-refractivity contribution < 1.29 is 33.4 Å². The van der Waals surface area contributed by atoms with Gasteiger partial charge in [-0.1, -0.05) is 0 Å². The summed E-state index contributed by atoms with van der Waals surface area (Å²) in [6.07, 6.45) is -10.4. The molecule has 0 rings (SSSR count). The molecule has 6 N–H and O–H groups in total. The van der Waals surface area contributed by atoms with Crippen LogP contribution in [0.2, 0.25) is 0 Å². The number of hydrogen-bond acceptors (Lipinski definition) is 6. The summed E-state index contributed by atoms with van der Waals surface area (Å²) in [6.45, 7) is -2.26. The molecule has 0 fully saturated rings. The molecule has 74 valence electrons. The van der Waals surface area contributed by atoms with E-state index < -0.39 is 37.6 Å². The molecule has 4 atom stereocenters. The minimum absolute atomic E-state index is 1.03. The highest BCUT2D eigenvalue weighted by Crippen LogP contribution is 2.03. The fourth-order valence-corrected chi connectivity index (χ4v) is 0.533. The van der Waals surface area contributed by atoms with E-state index in [4.69, 9.17) is 33.4 Å². The summed E-state index contributed by atoms with van der Waals surface area (Å²) in [4.78, 5) is 0. The molecule has 0 unspecified atom stereocenters. The first kappa shape index (κ1) is 8.36. The molecule has 0 saturated heterocycles. The average molecular weight is 184 g/mol. The van der Waals surface area contributed by atoms with E-state index >= 15 is 0 Å². The first-order chi connectivity index (χ1) is 6.20. The van der Waals surface area contributed by atoms with E-state index in [0.29, 0.717) is 0 Å². The first-order valence-electron chi connectivity index (χ1n) is 4.22. The standard InChI is InChI=1S/C6H14O6/c7-1-3(9)5(11)6(12)4(10)2-8/h3-12H,1-2H2/t3-,4-,5-,6-/m1/s1/i3D,6D. The van der Waals surface area contributed by atoms with Crippen molar-refractivity contribution in [1.29, 1.82) is 0 Å². The average Bonchev–Trinajstić information content (AvgIpc) is 2.15. The van der Waals surface area contributed by atoms with Crippen LogP contribution in [-0.4, -0.2) is 68.2 Å². The van der Waals surface area contributed by atoms with E-state index in [1.54, 1.807) is 0 Å². The molecule has 0 aromatic rings. The van der Waals surface area contributed by atoms with Crippen molar-refractivity contribution in [2.75, 3.05) is 13.2 Å². The van der Waals surface area contributed by atoms with Crippen molar-refractivity contribution in [2.45, 2.75) is 24.4 Å². The summed E-state index contributed by atoms with van der Waals surface area (Å²) in [5.74, 6) is 0. The van der Waals surface area contributed by atoms with Crippen LogP contribution in [0.1, 0.15) is 2.74 Å². The summed E-state index contributed by atoms with van der Waals surface area (Å²) >= 11 is 0. The Balaban J connectivity index is 4.73. The molecule has 6 heteroatoms. The topological polar surface area (TPSA) is 121 Å². The molecule has 0 bridgehead atoms. The quantitative estimate of drug-likeness (QED) is 0.263. The number of hydrogen-bond donors (Lipinski definition) is 6. The summed E-state index contributed by atoms with van der Waals surface area (Å²) in [7, 11) is 0. The van der Waals surface area contributed by atoms with Crippen molar-refractivity contribution >= 4 is 0 Å². The molecule has 0 aliphatic heterocycles. The number of aliphatic hydroxyl groups is 6. The molecule has 0 amide bonds. The molecule has 0 aliphatic carbocycles. The molecular formula is C6H14O6. The van der Waals surface area contributed by atoms with Crippen LogP contribution in [0.25, 0.3) is 0 Å². The molecule has 0 radical (unpaired) electrons. The van der Waals surface area contributed by atoms with Gasteiger partial charge < -0.3 is 30.6 Å². The monoisotopic (exact) mass is 184 g/mol. The van der Waals surface area contributed by atoms with Gasteiger partial charge in [0, 0.05) is 0 Å². The second kappa shape index (κ2) is 5.41. The SMILES string of the molecule is [2H][C@@](O)([C@H](O)CO)[C@H](O)[C@]([2H])(O)CO. The molecule has 0 saturated carbocycles. The van der Waals surface area contributed by atoms with Crippen LogP contribution in [0.5, 0.6) is 0 Å². The normalized spacial score (nSPS) is 29.2. The Morgan fingerprint density at radius 1 is 1.00 bits per heavy atom. The Kier molecular flexibility index (Phi) is 3.77. The lowest BCUT2D eigenvalue weighted by atomic mass is 10.0. The first-order valence-corrected chi connectivity index (χ1v) is 3.22. The van der Waals surface area contributed by atoms with Gasteiger partial charge in [-0.15, -0.1) is 0 Å². The third-order valence-electron chi connectivity index (χ3n) is 1.27. The zero-order valence-electron chi connectivity index (χ0n) is 8.25. The van der Waals surface area contributed by atoms with Crippen LogP contribution in [0.3, 0.4) is 0 Å². The van der Waals surface area contributed by atoms with Gasteiger partial charge in [0.25, 0.3) is 0 Å². The summed E-state index contributed by atoms with van der Waals surface area (Å²) in [6, 6.07) is 0. The van der Waals surface area contributed by atoms with Crippen LogP contribution in [0, 0.1) is 0 Å². The lowest BCUT2D eigenvalue weighted by molar-refractivity contribution is -0.123. The lowest BCUT2D eigenvalue weighted by Gasteiger charge is -2.24. The Hall–Kier alpha value is -0.240. The van der Waals surface area contributed by atoms with E-state index in [9.17, 15) is 0 Å². The Morgan fingerprint density at radius 3 is 1.83 bits per heavy atom. The highest BCUT2D eigenvalue weighted by atomic mass is 16.4. The van der Waals surface area contributed by atoms with Crippen LogP contribution in [0.15, 0.2) is 0 Å². The van der Waals surface area contributed by atoms with E-state index in [1.165, 1.54) is 0 Å². The van der Waals surface area contributed by atoms with Crippen molar-refractivity contribution in [3.63, 3.8) is 0 Å². The maximum absolute atomic E-state index is 9.13. The third kappa shape index (κ3) is 3.02. The van der Waals surface area contributed by atoms with Crippen LogP contribution in [-0.2, 0) is 0 Å². The number of rotatable bonds is 5. The van der Waals surface area contributed by atoms with Crippen molar-refractivity contribution in [3.8, 4) is 0 Å². The second-order valence-corrected chi connectivity index (χ2v) is 2.18. The fraction of sp³-hybridized carbons (Fsp3) is 1.00. The van der Waals surface area contributed by atoms with Gasteiger partial charge in [-0.05, 0) is 0 Å². The van der Waals surface area contributed by atoms with Gasteiger partial charge in [-0.2, -0.15) is 0 Å². The predicted molar refractivity (Wildman–Crippen MR) is 38.2 cm³/mol. The molecule has 6 nitrogen and oxygen atoms in total. The summed E-state index contributed by atoms with van der Waals surface area (Å²) in [5, 5.41) is 52.9. The minimum atomic E-state index is -3.03. The van der Waals surface area contributed by atoms with Gasteiger partial charge in [-0.3, -0.25) is 0 Å².